The summed E-state index contributed by atoms with van der Waals surface area (Å²) in [6, 6.07) is 14.5. The Morgan fingerprint density at radius 3 is 2.63 bits per heavy atom. The molecule has 0 amide bonds. The molecule has 2 aromatic carbocycles. The van der Waals surface area contributed by atoms with E-state index in [9.17, 15) is 0 Å². The predicted molar refractivity (Wildman–Crippen MR) is 75.6 cm³/mol. The van der Waals surface area contributed by atoms with Gasteiger partial charge >= 0.3 is 0 Å². The van der Waals surface area contributed by atoms with Gasteiger partial charge in [-0.2, -0.15) is 0 Å². The Kier molecular flexibility index (Phi) is 3.38. The van der Waals surface area contributed by atoms with Gasteiger partial charge in [-0.15, -0.1) is 0 Å². The molecule has 0 saturated heterocycles. The van der Waals surface area contributed by atoms with Gasteiger partial charge in [0.15, 0.2) is 11.5 Å². The van der Waals surface area contributed by atoms with Crippen molar-refractivity contribution in [2.24, 2.45) is 0 Å². The monoisotopic (exact) mass is 255 g/mol. The maximum atomic E-state index is 5.64. The van der Waals surface area contributed by atoms with Gasteiger partial charge in [-0.1, -0.05) is 30.3 Å². The summed E-state index contributed by atoms with van der Waals surface area (Å²) >= 11 is 0. The van der Waals surface area contributed by atoms with Crippen molar-refractivity contribution in [3.05, 3.63) is 48.0 Å². The van der Waals surface area contributed by atoms with Crippen LogP contribution in [0.25, 0.3) is 11.1 Å². The van der Waals surface area contributed by atoms with E-state index in [1.807, 2.05) is 13.1 Å². The molecular weight excluding hydrogens is 238 g/mol. The third-order valence-corrected chi connectivity index (χ3v) is 3.24. The van der Waals surface area contributed by atoms with Crippen molar-refractivity contribution >= 4 is 0 Å². The first-order chi connectivity index (χ1) is 9.38. The minimum Gasteiger partial charge on any atom is -0.486 e. The smallest absolute Gasteiger partial charge is 0.161 e. The molecule has 0 fully saturated rings. The molecule has 98 valence electrons. The van der Waals surface area contributed by atoms with Crippen LogP contribution in [0.15, 0.2) is 42.5 Å². The van der Waals surface area contributed by atoms with E-state index < -0.39 is 0 Å². The van der Waals surface area contributed by atoms with Crippen LogP contribution < -0.4 is 14.8 Å². The van der Waals surface area contributed by atoms with Crippen LogP contribution in [0.2, 0.25) is 0 Å². The Bertz CT molecular complexity index is 581. The fourth-order valence-electron chi connectivity index (χ4n) is 2.36. The first kappa shape index (κ1) is 12.1. The summed E-state index contributed by atoms with van der Waals surface area (Å²) < 4.78 is 11.2. The Hall–Kier alpha value is -2.00. The fraction of sp³-hybridized carbons (Fsp3) is 0.250. The zero-order valence-corrected chi connectivity index (χ0v) is 11.0. The number of ether oxygens (including phenoxy) is 2. The van der Waals surface area contributed by atoms with Gasteiger partial charge in [-0.25, -0.2) is 0 Å². The van der Waals surface area contributed by atoms with Crippen molar-refractivity contribution in [3.8, 4) is 22.6 Å². The summed E-state index contributed by atoms with van der Waals surface area (Å²) in [5.41, 5.74) is 3.67. The molecule has 1 N–H and O–H groups in total. The summed E-state index contributed by atoms with van der Waals surface area (Å²) in [5.74, 6) is 1.67. The molecule has 0 saturated carbocycles. The number of benzene rings is 2. The van der Waals surface area contributed by atoms with Crippen LogP contribution in [0.3, 0.4) is 0 Å². The molecule has 0 radical (unpaired) electrons. The molecule has 3 heteroatoms. The van der Waals surface area contributed by atoms with Gasteiger partial charge < -0.3 is 14.8 Å². The first-order valence-electron chi connectivity index (χ1n) is 6.51. The van der Waals surface area contributed by atoms with Crippen LogP contribution in [0, 0.1) is 0 Å². The molecule has 3 nitrogen and oxygen atoms in total. The van der Waals surface area contributed by atoms with Gasteiger partial charge in [-0.05, 0) is 35.9 Å². The Labute approximate surface area is 113 Å². The van der Waals surface area contributed by atoms with Gasteiger partial charge in [0.25, 0.3) is 0 Å². The quantitative estimate of drug-likeness (QED) is 0.914. The molecule has 1 heterocycles. The van der Waals surface area contributed by atoms with Crippen LogP contribution in [-0.4, -0.2) is 20.3 Å². The van der Waals surface area contributed by atoms with Crippen LogP contribution in [0.5, 0.6) is 11.5 Å². The minimum atomic E-state index is 0.620. The lowest BCUT2D eigenvalue weighted by atomic mass is 9.99. The van der Waals surface area contributed by atoms with Crippen LogP contribution in [-0.2, 0) is 6.54 Å². The minimum absolute atomic E-state index is 0.620. The zero-order valence-electron chi connectivity index (χ0n) is 11.0. The van der Waals surface area contributed by atoms with E-state index in [-0.39, 0.29) is 0 Å². The highest BCUT2D eigenvalue weighted by atomic mass is 16.6. The van der Waals surface area contributed by atoms with E-state index in [0.29, 0.717) is 13.2 Å². The second-order valence-corrected chi connectivity index (χ2v) is 4.55. The Morgan fingerprint density at radius 1 is 1.00 bits per heavy atom. The average Bonchev–Trinajstić information content (AvgIpc) is 2.48. The Morgan fingerprint density at radius 2 is 1.79 bits per heavy atom. The first-order valence-corrected chi connectivity index (χ1v) is 6.51. The predicted octanol–water partition coefficient (Wildman–Crippen LogP) is 2.84. The maximum absolute atomic E-state index is 5.64. The third kappa shape index (κ3) is 2.42. The van der Waals surface area contributed by atoms with Crippen LogP contribution in [0.4, 0.5) is 0 Å². The van der Waals surface area contributed by atoms with E-state index >= 15 is 0 Å². The summed E-state index contributed by atoms with van der Waals surface area (Å²) in [6.07, 6.45) is 0. The number of hydrogen-bond donors (Lipinski definition) is 1. The fourth-order valence-corrected chi connectivity index (χ4v) is 2.36. The molecule has 1 aliphatic rings. The van der Waals surface area contributed by atoms with Gasteiger partial charge in [0.2, 0.25) is 0 Å². The van der Waals surface area contributed by atoms with Crippen molar-refractivity contribution < 1.29 is 9.47 Å². The van der Waals surface area contributed by atoms with E-state index in [0.717, 1.165) is 23.6 Å². The molecule has 0 aromatic heterocycles. The van der Waals surface area contributed by atoms with E-state index in [1.54, 1.807) is 0 Å². The van der Waals surface area contributed by atoms with Crippen molar-refractivity contribution in [2.75, 3.05) is 20.3 Å². The number of hydrogen-bond acceptors (Lipinski definition) is 3. The summed E-state index contributed by atoms with van der Waals surface area (Å²) in [7, 11) is 1.96. The highest BCUT2D eigenvalue weighted by Crippen LogP contribution is 2.35. The van der Waals surface area contributed by atoms with E-state index in [2.05, 4.69) is 41.7 Å². The lowest BCUT2D eigenvalue weighted by Gasteiger charge is -2.19. The van der Waals surface area contributed by atoms with Crippen molar-refractivity contribution in [3.63, 3.8) is 0 Å². The van der Waals surface area contributed by atoms with Crippen molar-refractivity contribution in [2.45, 2.75) is 6.54 Å². The topological polar surface area (TPSA) is 30.5 Å². The summed E-state index contributed by atoms with van der Waals surface area (Å²) in [5, 5.41) is 3.20. The highest BCUT2D eigenvalue weighted by Gasteiger charge is 2.13. The van der Waals surface area contributed by atoms with Crippen LogP contribution in [0.1, 0.15) is 5.56 Å². The molecule has 1 aliphatic heterocycles. The number of rotatable bonds is 3. The molecule has 19 heavy (non-hydrogen) atoms. The van der Waals surface area contributed by atoms with Crippen molar-refractivity contribution in [1.29, 1.82) is 0 Å². The second-order valence-electron chi connectivity index (χ2n) is 4.55. The molecule has 0 atom stereocenters. The third-order valence-electron chi connectivity index (χ3n) is 3.24. The maximum Gasteiger partial charge on any atom is 0.161 e. The second kappa shape index (κ2) is 5.33. The number of nitrogens with one attached hydrogen (secondary N) is 1. The molecule has 0 bridgehead atoms. The lowest BCUT2D eigenvalue weighted by Crippen LogP contribution is -2.15. The van der Waals surface area contributed by atoms with E-state index in [1.165, 1.54) is 11.1 Å². The normalized spacial score (nSPS) is 13.3. The standard InChI is InChI=1S/C16H17NO2/c1-17-11-13-4-2-3-5-14(13)12-6-7-15-16(10-12)19-9-8-18-15/h2-7,10,17H,8-9,11H2,1H3. The summed E-state index contributed by atoms with van der Waals surface area (Å²) in [6.45, 7) is 2.10. The largest absolute Gasteiger partial charge is 0.486 e. The average molecular weight is 255 g/mol. The van der Waals surface area contributed by atoms with Gasteiger partial charge in [-0.3, -0.25) is 0 Å². The molecule has 0 aliphatic carbocycles. The molecular formula is C16H17NO2. The summed E-state index contributed by atoms with van der Waals surface area (Å²) in [4.78, 5) is 0. The molecule has 3 rings (SSSR count). The lowest BCUT2D eigenvalue weighted by molar-refractivity contribution is 0.171. The SMILES string of the molecule is CNCc1ccccc1-c1ccc2c(c1)OCCO2. The van der Waals surface area contributed by atoms with Crippen molar-refractivity contribution in [1.82, 2.24) is 5.32 Å². The molecule has 0 unspecified atom stereocenters. The van der Waals surface area contributed by atoms with E-state index in [4.69, 9.17) is 9.47 Å². The van der Waals surface area contributed by atoms with Gasteiger partial charge in [0.05, 0.1) is 0 Å². The van der Waals surface area contributed by atoms with Gasteiger partial charge in [0, 0.05) is 6.54 Å². The van der Waals surface area contributed by atoms with Crippen LogP contribution >= 0.6 is 0 Å². The molecule has 0 spiro atoms. The van der Waals surface area contributed by atoms with Gasteiger partial charge in [0.1, 0.15) is 13.2 Å². The number of fused-ring (bicyclic) bond motifs is 1. The Balaban J connectivity index is 2.02. The highest BCUT2D eigenvalue weighted by molar-refractivity contribution is 5.70. The molecule has 2 aromatic rings. The zero-order chi connectivity index (χ0) is 13.1.